The van der Waals surface area contributed by atoms with Crippen molar-refractivity contribution >= 4 is 46.8 Å². The first kappa shape index (κ1) is 28.7. The number of ether oxygens (including phenoxy) is 1. The Morgan fingerprint density at radius 3 is 2.55 bits per heavy atom. The van der Waals surface area contributed by atoms with Crippen LogP contribution in [0, 0.1) is 11.8 Å². The number of hydrogen-bond acceptors (Lipinski definition) is 6. The Bertz CT molecular complexity index is 1290. The van der Waals surface area contributed by atoms with Crippen LogP contribution in [0.4, 0.5) is 5.69 Å². The summed E-state index contributed by atoms with van der Waals surface area (Å²) in [5, 5.41) is 11.2. The van der Waals surface area contributed by atoms with E-state index < -0.39 is 39.4 Å². The fraction of sp³-hybridized carbons (Fsp3) is 0.452. The van der Waals surface area contributed by atoms with Crippen LogP contribution in [0.5, 0.6) is 0 Å². The number of fused-ring (bicyclic) bond motifs is 1. The average molecular weight is 583 g/mol. The third-order valence-electron chi connectivity index (χ3n) is 8.62. The molecule has 0 radical (unpaired) electrons. The predicted octanol–water partition coefficient (Wildman–Crippen LogP) is 4.51. The van der Waals surface area contributed by atoms with Crippen LogP contribution >= 0.6 is 23.4 Å². The van der Waals surface area contributed by atoms with E-state index >= 15 is 0 Å². The second kappa shape index (κ2) is 11.2. The zero-order valence-corrected chi connectivity index (χ0v) is 24.4. The van der Waals surface area contributed by atoms with Gasteiger partial charge in [0.15, 0.2) is 0 Å². The minimum atomic E-state index is -0.882. The highest BCUT2D eigenvalue weighted by molar-refractivity contribution is 8.02. The fourth-order valence-electron chi connectivity index (χ4n) is 6.98. The third kappa shape index (κ3) is 4.64. The van der Waals surface area contributed by atoms with E-state index in [0.29, 0.717) is 30.0 Å². The molecule has 3 aliphatic rings. The maximum atomic E-state index is 14.7. The second-order valence-corrected chi connectivity index (χ2v) is 13.3. The number of hydrogen-bond donors (Lipinski definition) is 1. The maximum absolute atomic E-state index is 14.7. The highest BCUT2D eigenvalue weighted by Crippen LogP contribution is 2.71. The van der Waals surface area contributed by atoms with E-state index in [1.54, 1.807) is 58.8 Å². The predicted molar refractivity (Wildman–Crippen MR) is 157 cm³/mol. The van der Waals surface area contributed by atoms with Crippen LogP contribution in [-0.4, -0.2) is 69.1 Å². The number of likely N-dealkylation sites (tertiary alicyclic amines) is 1. The molecule has 0 aliphatic carbocycles. The molecule has 2 bridgehead atoms. The molecule has 3 saturated heterocycles. The lowest BCUT2D eigenvalue weighted by Crippen LogP contribution is -2.58. The SMILES string of the molecule is C=CCN(C(=O)C1N([C@@H](CO)Cc2ccccc2)C(=O)[C@@H]2[C@H](C(=O)OCC)[C@]3(C)CCC12S3)c1ccc(Cl)cc1. The lowest BCUT2D eigenvalue weighted by molar-refractivity contribution is -0.155. The summed E-state index contributed by atoms with van der Waals surface area (Å²) in [7, 11) is 0. The topological polar surface area (TPSA) is 87.2 Å². The lowest BCUT2D eigenvalue weighted by Gasteiger charge is -2.39. The van der Waals surface area contributed by atoms with E-state index in [-0.39, 0.29) is 31.6 Å². The Hall–Kier alpha value is -2.81. The van der Waals surface area contributed by atoms with Gasteiger partial charge in [-0.05, 0) is 62.9 Å². The number of esters is 1. The number of carbonyl (C=O) groups is 3. The number of carbonyl (C=O) groups excluding carboxylic acids is 3. The van der Waals surface area contributed by atoms with Crippen LogP contribution < -0.4 is 4.90 Å². The van der Waals surface area contributed by atoms with E-state index in [2.05, 4.69) is 6.58 Å². The summed E-state index contributed by atoms with van der Waals surface area (Å²) in [6.07, 6.45) is 3.33. The molecule has 40 heavy (non-hydrogen) atoms. The number of thioether (sulfide) groups is 1. The van der Waals surface area contributed by atoms with Crippen molar-refractivity contribution in [2.45, 2.75) is 54.7 Å². The fourth-order valence-corrected chi connectivity index (χ4v) is 9.43. The molecule has 2 aromatic rings. The van der Waals surface area contributed by atoms with Gasteiger partial charge in [0.1, 0.15) is 6.04 Å². The molecule has 9 heteroatoms. The molecule has 2 aromatic carbocycles. The molecular weight excluding hydrogens is 548 g/mol. The third-order valence-corrected chi connectivity index (χ3v) is 10.9. The number of anilines is 1. The Balaban J connectivity index is 1.63. The zero-order valence-electron chi connectivity index (χ0n) is 22.8. The summed E-state index contributed by atoms with van der Waals surface area (Å²) in [5.41, 5.74) is 1.58. The molecule has 2 amide bonds. The Morgan fingerprint density at radius 1 is 1.23 bits per heavy atom. The van der Waals surface area contributed by atoms with E-state index in [1.807, 2.05) is 37.3 Å². The van der Waals surface area contributed by atoms with Crippen LogP contribution in [0.2, 0.25) is 5.02 Å². The monoisotopic (exact) mass is 582 g/mol. The quantitative estimate of drug-likeness (QED) is 0.328. The van der Waals surface area contributed by atoms with Crippen molar-refractivity contribution < 1.29 is 24.2 Å². The zero-order chi connectivity index (χ0) is 28.7. The van der Waals surface area contributed by atoms with Gasteiger partial charge in [-0.3, -0.25) is 14.4 Å². The highest BCUT2D eigenvalue weighted by atomic mass is 35.5. The summed E-state index contributed by atoms with van der Waals surface area (Å²) in [4.78, 5) is 45.8. The van der Waals surface area contributed by atoms with Gasteiger partial charge in [-0.2, -0.15) is 0 Å². The van der Waals surface area contributed by atoms with Gasteiger partial charge in [-0.25, -0.2) is 0 Å². The Morgan fingerprint density at radius 2 is 1.93 bits per heavy atom. The van der Waals surface area contributed by atoms with Gasteiger partial charge >= 0.3 is 5.97 Å². The van der Waals surface area contributed by atoms with Gasteiger partial charge in [0.05, 0.1) is 35.8 Å². The van der Waals surface area contributed by atoms with Gasteiger partial charge in [0.25, 0.3) is 5.91 Å². The first-order chi connectivity index (χ1) is 19.2. The normalized spacial score (nSPS) is 29.2. The first-order valence-corrected chi connectivity index (χ1v) is 14.9. The van der Waals surface area contributed by atoms with Crippen LogP contribution in [-0.2, 0) is 25.5 Å². The van der Waals surface area contributed by atoms with E-state index in [1.165, 1.54) is 0 Å². The van der Waals surface area contributed by atoms with Crippen LogP contribution in [0.15, 0.2) is 67.3 Å². The van der Waals surface area contributed by atoms with E-state index in [9.17, 15) is 19.5 Å². The molecule has 6 atom stereocenters. The molecule has 7 nitrogen and oxygen atoms in total. The van der Waals surface area contributed by atoms with E-state index in [0.717, 1.165) is 5.56 Å². The molecular formula is C31H35ClN2O5S. The summed E-state index contributed by atoms with van der Waals surface area (Å²) >= 11 is 7.72. The molecule has 0 aromatic heterocycles. The van der Waals surface area contributed by atoms with Crippen molar-refractivity contribution in [3.8, 4) is 0 Å². The maximum Gasteiger partial charge on any atom is 0.311 e. The van der Waals surface area contributed by atoms with E-state index in [4.69, 9.17) is 16.3 Å². The smallest absolute Gasteiger partial charge is 0.311 e. The minimum absolute atomic E-state index is 0.215. The Labute approximate surface area is 244 Å². The number of halogens is 1. The van der Waals surface area contributed by atoms with Gasteiger partial charge in [-0.15, -0.1) is 18.3 Å². The first-order valence-electron chi connectivity index (χ1n) is 13.7. The molecule has 1 spiro atoms. The molecule has 3 heterocycles. The van der Waals surface area contributed by atoms with Crippen LogP contribution in [0.25, 0.3) is 0 Å². The molecule has 212 valence electrons. The molecule has 2 unspecified atom stereocenters. The average Bonchev–Trinajstić information content (AvgIpc) is 3.52. The number of aliphatic hydroxyl groups excluding tert-OH is 1. The van der Waals surface area contributed by atoms with Crippen LogP contribution in [0.3, 0.4) is 0 Å². The minimum Gasteiger partial charge on any atom is -0.466 e. The molecule has 3 fully saturated rings. The van der Waals surface area contributed by atoms with Gasteiger partial charge in [0, 0.05) is 22.0 Å². The largest absolute Gasteiger partial charge is 0.466 e. The Kier molecular flexibility index (Phi) is 8.06. The highest BCUT2D eigenvalue weighted by Gasteiger charge is 2.78. The summed E-state index contributed by atoms with van der Waals surface area (Å²) in [6.45, 7) is 7.76. The lowest BCUT2D eigenvalue weighted by atomic mass is 9.66. The molecule has 3 aliphatic heterocycles. The van der Waals surface area contributed by atoms with Crippen molar-refractivity contribution in [1.82, 2.24) is 4.90 Å². The van der Waals surface area contributed by atoms with Gasteiger partial charge in [-0.1, -0.05) is 48.0 Å². The summed E-state index contributed by atoms with van der Waals surface area (Å²) in [5.74, 6) is -2.30. The van der Waals surface area contributed by atoms with Crippen molar-refractivity contribution in [2.24, 2.45) is 11.8 Å². The van der Waals surface area contributed by atoms with Crippen molar-refractivity contribution in [3.05, 3.63) is 77.8 Å². The molecule has 5 rings (SSSR count). The van der Waals surface area contributed by atoms with Crippen molar-refractivity contribution in [1.29, 1.82) is 0 Å². The van der Waals surface area contributed by atoms with Gasteiger partial charge in [0.2, 0.25) is 5.91 Å². The second-order valence-electron chi connectivity index (χ2n) is 11.0. The number of rotatable bonds is 10. The van der Waals surface area contributed by atoms with Crippen molar-refractivity contribution in [3.63, 3.8) is 0 Å². The summed E-state index contributed by atoms with van der Waals surface area (Å²) in [6, 6.07) is 15.1. The summed E-state index contributed by atoms with van der Waals surface area (Å²) < 4.78 is 4.14. The van der Waals surface area contributed by atoms with Crippen LogP contribution in [0.1, 0.15) is 32.3 Å². The number of amides is 2. The van der Waals surface area contributed by atoms with Crippen molar-refractivity contribution in [2.75, 3.05) is 24.7 Å². The molecule has 1 N–H and O–H groups in total. The standard InChI is InChI=1S/C31H35ClN2O5S/c1-4-17-33(22-13-11-21(32)12-14-22)28(37)26-31-16-15-30(3,40-31)25(29(38)39-5-2)24(31)27(36)34(26)23(19-35)18-20-9-7-6-8-10-20/h4,6-14,23-26,35H,1,5,15-19H2,2-3H3/t23-,24+,25-,26?,30+,31?/m1/s1. The number of aliphatic hydroxyl groups is 1. The molecule has 0 saturated carbocycles. The number of benzene rings is 2. The van der Waals surface area contributed by atoms with Gasteiger partial charge < -0.3 is 19.6 Å². The number of nitrogens with zero attached hydrogens (tertiary/aromatic N) is 2.